The predicted molar refractivity (Wildman–Crippen MR) is 60.5 cm³/mol. The van der Waals surface area contributed by atoms with Gasteiger partial charge in [0, 0.05) is 0 Å². The van der Waals surface area contributed by atoms with Gasteiger partial charge in [-0.2, -0.15) is 4.80 Å². The summed E-state index contributed by atoms with van der Waals surface area (Å²) < 4.78 is 24.1. The highest BCUT2D eigenvalue weighted by molar-refractivity contribution is 7.90. The fourth-order valence-electron chi connectivity index (χ4n) is 1.39. The van der Waals surface area contributed by atoms with E-state index >= 15 is 0 Å². The zero-order valence-corrected chi connectivity index (χ0v) is 9.92. The first kappa shape index (κ1) is 11.5. The van der Waals surface area contributed by atoms with Crippen molar-refractivity contribution in [2.75, 3.05) is 5.73 Å². The molecule has 17 heavy (non-hydrogen) atoms. The lowest BCUT2D eigenvalue weighted by Gasteiger charge is -2.04. The third-order valence-electron chi connectivity index (χ3n) is 2.12. The average Bonchev–Trinajstić information content (AvgIpc) is 2.63. The molecule has 2 N–H and O–H groups in total. The Morgan fingerprint density at radius 2 is 2.06 bits per heavy atom. The number of sulfone groups is 1. The number of tetrazole rings is 1. The average molecular weight is 253 g/mol. The second-order valence-electron chi connectivity index (χ2n) is 3.49. The predicted octanol–water partition coefficient (Wildman–Crippen LogP) is -0.234. The number of rotatable bonds is 3. The van der Waals surface area contributed by atoms with Gasteiger partial charge in [-0.15, -0.1) is 10.2 Å². The molecule has 0 saturated carbocycles. The van der Waals surface area contributed by atoms with E-state index in [9.17, 15) is 8.42 Å². The lowest BCUT2D eigenvalue weighted by molar-refractivity contribution is 0.593. The van der Waals surface area contributed by atoms with Crippen molar-refractivity contribution in [3.63, 3.8) is 0 Å². The molecule has 0 bridgehead atoms. The van der Waals surface area contributed by atoms with Gasteiger partial charge < -0.3 is 5.73 Å². The number of para-hydroxylation sites is 1. The lowest BCUT2D eigenvalue weighted by atomic mass is 10.3. The van der Waals surface area contributed by atoms with Crippen LogP contribution in [0.25, 0.3) is 0 Å². The van der Waals surface area contributed by atoms with Gasteiger partial charge in [0.1, 0.15) is 5.75 Å². The van der Waals surface area contributed by atoms with E-state index in [0.29, 0.717) is 0 Å². The molecule has 90 valence electrons. The highest BCUT2D eigenvalue weighted by Gasteiger charge is 2.20. The monoisotopic (exact) mass is 253 g/mol. The number of aromatic nitrogens is 4. The fourth-order valence-corrected chi connectivity index (χ4v) is 2.72. The molecule has 1 aromatic heterocycles. The Bertz CT molecular complexity index is 634. The minimum atomic E-state index is -3.53. The van der Waals surface area contributed by atoms with Crippen LogP contribution in [0.15, 0.2) is 29.2 Å². The minimum Gasteiger partial charge on any atom is -0.398 e. The van der Waals surface area contributed by atoms with Crippen molar-refractivity contribution in [1.29, 1.82) is 0 Å². The Morgan fingerprint density at radius 3 is 2.65 bits per heavy atom. The van der Waals surface area contributed by atoms with Crippen LogP contribution in [-0.4, -0.2) is 28.6 Å². The Balaban J connectivity index is 2.35. The van der Waals surface area contributed by atoms with E-state index in [0.717, 1.165) is 0 Å². The van der Waals surface area contributed by atoms with Gasteiger partial charge in [-0.05, 0) is 17.3 Å². The SMILES string of the molecule is Cn1nnc(CS(=O)(=O)c2ccccc2N)n1. The molecule has 0 aliphatic carbocycles. The van der Waals surface area contributed by atoms with Gasteiger partial charge in [0.05, 0.1) is 17.6 Å². The summed E-state index contributed by atoms with van der Waals surface area (Å²) in [6.45, 7) is 0. The smallest absolute Gasteiger partial charge is 0.190 e. The standard InChI is InChI=1S/C9H11N5O2S/c1-14-12-9(11-13-14)6-17(15,16)8-5-3-2-4-7(8)10/h2-5H,6,10H2,1H3. The quantitative estimate of drug-likeness (QED) is 0.757. The number of nitrogens with two attached hydrogens (primary N) is 1. The molecular formula is C9H11N5O2S. The van der Waals surface area contributed by atoms with Crippen LogP contribution in [0.4, 0.5) is 5.69 Å². The molecule has 0 spiro atoms. The summed E-state index contributed by atoms with van der Waals surface area (Å²) >= 11 is 0. The summed E-state index contributed by atoms with van der Waals surface area (Å²) in [5.41, 5.74) is 5.84. The van der Waals surface area contributed by atoms with Gasteiger partial charge in [-0.1, -0.05) is 12.1 Å². The van der Waals surface area contributed by atoms with E-state index in [1.54, 1.807) is 19.2 Å². The van der Waals surface area contributed by atoms with Crippen LogP contribution < -0.4 is 5.73 Å². The Hall–Kier alpha value is -1.96. The third-order valence-corrected chi connectivity index (χ3v) is 3.80. The number of aryl methyl sites for hydroxylation is 1. The van der Waals surface area contributed by atoms with Gasteiger partial charge in [0.25, 0.3) is 0 Å². The molecule has 2 rings (SSSR count). The van der Waals surface area contributed by atoms with Gasteiger partial charge in [0.15, 0.2) is 15.7 Å². The summed E-state index contributed by atoms with van der Waals surface area (Å²) in [5.74, 6) is -0.162. The fraction of sp³-hybridized carbons (Fsp3) is 0.222. The number of hydrogen-bond acceptors (Lipinski definition) is 6. The summed E-state index contributed by atoms with van der Waals surface area (Å²) in [4.78, 5) is 1.30. The van der Waals surface area contributed by atoms with Crippen molar-refractivity contribution >= 4 is 15.5 Å². The molecule has 0 aliphatic rings. The number of anilines is 1. The van der Waals surface area contributed by atoms with Crippen LogP contribution in [0.2, 0.25) is 0 Å². The van der Waals surface area contributed by atoms with Crippen molar-refractivity contribution in [2.45, 2.75) is 10.6 Å². The van der Waals surface area contributed by atoms with Crippen LogP contribution in [-0.2, 0) is 22.6 Å². The Kier molecular flexibility index (Phi) is 2.80. The molecule has 1 heterocycles. The van der Waals surface area contributed by atoms with E-state index in [2.05, 4.69) is 15.4 Å². The molecule has 0 unspecified atom stereocenters. The zero-order chi connectivity index (χ0) is 12.5. The highest BCUT2D eigenvalue weighted by atomic mass is 32.2. The van der Waals surface area contributed by atoms with E-state index < -0.39 is 9.84 Å². The van der Waals surface area contributed by atoms with Gasteiger partial charge in [0.2, 0.25) is 0 Å². The molecule has 8 heteroatoms. The second kappa shape index (κ2) is 4.13. The van der Waals surface area contributed by atoms with Crippen molar-refractivity contribution in [3.05, 3.63) is 30.1 Å². The maximum Gasteiger partial charge on any atom is 0.190 e. The third kappa shape index (κ3) is 2.41. The molecule has 0 atom stereocenters. The van der Waals surface area contributed by atoms with E-state index in [1.165, 1.54) is 16.9 Å². The normalized spacial score (nSPS) is 11.6. The van der Waals surface area contributed by atoms with Crippen LogP contribution >= 0.6 is 0 Å². The van der Waals surface area contributed by atoms with Crippen LogP contribution in [0.3, 0.4) is 0 Å². The van der Waals surface area contributed by atoms with Gasteiger partial charge in [-0.3, -0.25) is 0 Å². The molecule has 2 aromatic rings. The molecule has 1 aromatic carbocycles. The van der Waals surface area contributed by atoms with Crippen molar-refractivity contribution < 1.29 is 8.42 Å². The molecule has 0 fully saturated rings. The number of nitrogen functional groups attached to an aromatic ring is 1. The maximum atomic E-state index is 12.0. The molecule has 0 aliphatic heterocycles. The zero-order valence-electron chi connectivity index (χ0n) is 9.11. The first-order chi connectivity index (χ1) is 7.99. The lowest BCUT2D eigenvalue weighted by Crippen LogP contribution is -2.09. The second-order valence-corrected chi connectivity index (χ2v) is 5.45. The van der Waals surface area contributed by atoms with Crippen molar-refractivity contribution in [3.8, 4) is 0 Å². The first-order valence-electron chi connectivity index (χ1n) is 4.79. The van der Waals surface area contributed by atoms with Gasteiger partial charge in [-0.25, -0.2) is 8.42 Å². The Morgan fingerprint density at radius 1 is 1.35 bits per heavy atom. The number of nitrogens with zero attached hydrogens (tertiary/aromatic N) is 4. The maximum absolute atomic E-state index is 12.0. The van der Waals surface area contributed by atoms with Gasteiger partial charge >= 0.3 is 0 Å². The van der Waals surface area contributed by atoms with Crippen LogP contribution in [0.5, 0.6) is 0 Å². The van der Waals surface area contributed by atoms with Crippen LogP contribution in [0, 0.1) is 0 Å². The van der Waals surface area contributed by atoms with Crippen LogP contribution in [0.1, 0.15) is 5.82 Å². The topological polar surface area (TPSA) is 104 Å². The van der Waals surface area contributed by atoms with E-state index in [-0.39, 0.29) is 22.2 Å². The summed E-state index contributed by atoms with van der Waals surface area (Å²) in [6.07, 6.45) is 0. The Labute approximate surface area is 98.2 Å². The van der Waals surface area contributed by atoms with E-state index in [4.69, 9.17) is 5.73 Å². The van der Waals surface area contributed by atoms with Crippen molar-refractivity contribution in [1.82, 2.24) is 20.2 Å². The summed E-state index contributed by atoms with van der Waals surface area (Å²) in [7, 11) is -1.96. The highest BCUT2D eigenvalue weighted by Crippen LogP contribution is 2.20. The minimum absolute atomic E-state index is 0.0902. The molecule has 0 saturated heterocycles. The summed E-state index contributed by atoms with van der Waals surface area (Å²) in [5, 5.41) is 11.0. The number of hydrogen-bond donors (Lipinski definition) is 1. The molecule has 0 radical (unpaired) electrons. The molecule has 0 amide bonds. The summed E-state index contributed by atoms with van der Waals surface area (Å²) in [6, 6.07) is 6.29. The molecular weight excluding hydrogens is 242 g/mol. The van der Waals surface area contributed by atoms with E-state index in [1.807, 2.05) is 0 Å². The van der Waals surface area contributed by atoms with Crippen molar-refractivity contribution in [2.24, 2.45) is 7.05 Å². The first-order valence-corrected chi connectivity index (χ1v) is 6.44. The largest absolute Gasteiger partial charge is 0.398 e. The number of benzene rings is 1. The molecule has 7 nitrogen and oxygen atoms in total.